The number of hydrogen-bond donors (Lipinski definition) is 1. The molecule has 1 heterocycles. The Bertz CT molecular complexity index is 527. The molecule has 1 saturated heterocycles. The number of amides is 1. The summed E-state index contributed by atoms with van der Waals surface area (Å²) in [6.45, 7) is 1.04. The highest BCUT2D eigenvalue weighted by molar-refractivity contribution is 5.98. The van der Waals surface area contributed by atoms with Crippen LogP contribution >= 0.6 is 12.4 Å². The first-order chi connectivity index (χ1) is 10.7. The maximum atomic E-state index is 12.9. The van der Waals surface area contributed by atoms with Crippen molar-refractivity contribution in [2.75, 3.05) is 34.4 Å². The average Bonchev–Trinajstić information content (AvgIpc) is 2.59. The van der Waals surface area contributed by atoms with Gasteiger partial charge in [-0.25, -0.2) is 0 Å². The molecule has 2 unspecified atom stereocenters. The van der Waals surface area contributed by atoms with Crippen LogP contribution in [0.2, 0.25) is 0 Å². The van der Waals surface area contributed by atoms with Crippen LogP contribution in [0.15, 0.2) is 18.2 Å². The fourth-order valence-electron chi connectivity index (χ4n) is 2.93. The lowest BCUT2D eigenvalue weighted by Gasteiger charge is -2.38. The van der Waals surface area contributed by atoms with Crippen molar-refractivity contribution in [1.29, 1.82) is 0 Å². The molecule has 2 rings (SSSR count). The number of rotatable bonds is 5. The fourth-order valence-corrected chi connectivity index (χ4v) is 2.93. The fraction of sp³-hybridized carbons (Fsp3) is 0.562. The Morgan fingerprint density at radius 3 is 2.61 bits per heavy atom. The number of para-hydroxylation sites is 1. The average molecular weight is 345 g/mol. The number of ether oxygens (including phenoxy) is 3. The zero-order valence-electron chi connectivity index (χ0n) is 13.8. The Labute approximate surface area is 143 Å². The summed E-state index contributed by atoms with van der Waals surface area (Å²) in [5.41, 5.74) is 6.34. The molecule has 1 aliphatic heterocycles. The molecule has 1 aromatic carbocycles. The van der Waals surface area contributed by atoms with E-state index in [0.717, 1.165) is 12.8 Å². The number of nitrogens with zero attached hydrogens (tertiary/aromatic N) is 1. The van der Waals surface area contributed by atoms with Crippen molar-refractivity contribution in [2.24, 2.45) is 5.73 Å². The SMILES string of the molecule is COc1cccc(C(=O)N2CCC(OC)CC2CN)c1OC.Cl. The van der Waals surface area contributed by atoms with Crippen molar-refractivity contribution in [1.82, 2.24) is 4.90 Å². The predicted octanol–water partition coefficient (Wildman–Crippen LogP) is 1.70. The van der Waals surface area contributed by atoms with Crippen molar-refractivity contribution in [3.63, 3.8) is 0 Å². The summed E-state index contributed by atoms with van der Waals surface area (Å²) in [5, 5.41) is 0. The lowest BCUT2D eigenvalue weighted by Crippen LogP contribution is -2.51. The first-order valence-corrected chi connectivity index (χ1v) is 7.41. The highest BCUT2D eigenvalue weighted by atomic mass is 35.5. The Morgan fingerprint density at radius 1 is 1.30 bits per heavy atom. The van der Waals surface area contributed by atoms with E-state index in [9.17, 15) is 4.79 Å². The summed E-state index contributed by atoms with van der Waals surface area (Å²) in [5.74, 6) is 0.921. The van der Waals surface area contributed by atoms with Crippen LogP contribution in [-0.2, 0) is 4.74 Å². The van der Waals surface area contributed by atoms with E-state index in [1.54, 1.807) is 32.4 Å². The second-order valence-electron chi connectivity index (χ2n) is 5.31. The zero-order chi connectivity index (χ0) is 16.1. The molecule has 23 heavy (non-hydrogen) atoms. The summed E-state index contributed by atoms with van der Waals surface area (Å²) >= 11 is 0. The van der Waals surface area contributed by atoms with Crippen LogP contribution < -0.4 is 15.2 Å². The van der Waals surface area contributed by atoms with E-state index in [-0.39, 0.29) is 30.5 Å². The molecule has 6 nitrogen and oxygen atoms in total. The first kappa shape index (κ1) is 19.5. The van der Waals surface area contributed by atoms with Crippen molar-refractivity contribution >= 4 is 18.3 Å². The molecule has 130 valence electrons. The summed E-state index contributed by atoms with van der Waals surface area (Å²) in [6.07, 6.45) is 1.72. The number of likely N-dealkylation sites (tertiary alicyclic amines) is 1. The van der Waals surface area contributed by atoms with Gasteiger partial charge in [0.2, 0.25) is 0 Å². The van der Waals surface area contributed by atoms with Gasteiger partial charge >= 0.3 is 0 Å². The van der Waals surface area contributed by atoms with Crippen molar-refractivity contribution in [2.45, 2.75) is 25.0 Å². The van der Waals surface area contributed by atoms with E-state index in [1.807, 2.05) is 4.90 Å². The predicted molar refractivity (Wildman–Crippen MR) is 90.7 cm³/mol. The Hall–Kier alpha value is -1.50. The van der Waals surface area contributed by atoms with Crippen molar-refractivity contribution < 1.29 is 19.0 Å². The van der Waals surface area contributed by atoms with Gasteiger partial charge < -0.3 is 24.8 Å². The smallest absolute Gasteiger partial charge is 0.258 e. The van der Waals surface area contributed by atoms with Gasteiger partial charge in [0.25, 0.3) is 5.91 Å². The number of benzene rings is 1. The minimum Gasteiger partial charge on any atom is -0.493 e. The molecule has 2 N–H and O–H groups in total. The monoisotopic (exact) mass is 344 g/mol. The van der Waals surface area contributed by atoms with Gasteiger partial charge in [-0.3, -0.25) is 4.79 Å². The van der Waals surface area contributed by atoms with Gasteiger partial charge in [-0.2, -0.15) is 0 Å². The van der Waals surface area contributed by atoms with Gasteiger partial charge in [-0.15, -0.1) is 12.4 Å². The second kappa shape index (κ2) is 8.96. The molecule has 0 spiro atoms. The zero-order valence-corrected chi connectivity index (χ0v) is 14.6. The van der Waals surface area contributed by atoms with Gasteiger partial charge in [0.15, 0.2) is 11.5 Å². The van der Waals surface area contributed by atoms with Crippen LogP contribution in [0.25, 0.3) is 0 Å². The Kier molecular flexibility index (Phi) is 7.61. The summed E-state index contributed by atoms with van der Waals surface area (Å²) < 4.78 is 16.0. The van der Waals surface area contributed by atoms with Gasteiger partial charge in [0, 0.05) is 26.2 Å². The molecule has 1 amide bonds. The standard InChI is InChI=1S/C16H24N2O4.ClH/c1-20-12-7-8-18(11(9-12)10-17)16(19)13-5-4-6-14(21-2)15(13)22-3;/h4-6,11-12H,7-10,17H2,1-3H3;1H. The number of piperidine rings is 1. The van der Waals surface area contributed by atoms with Crippen LogP contribution in [0.1, 0.15) is 23.2 Å². The Morgan fingerprint density at radius 2 is 2.04 bits per heavy atom. The molecule has 2 atom stereocenters. The molecule has 7 heteroatoms. The largest absolute Gasteiger partial charge is 0.493 e. The topological polar surface area (TPSA) is 74.0 Å². The molecule has 1 aromatic rings. The molecule has 0 aromatic heterocycles. The lowest BCUT2D eigenvalue weighted by molar-refractivity contribution is 0.0137. The number of methoxy groups -OCH3 is 3. The quantitative estimate of drug-likeness (QED) is 0.880. The van der Waals surface area contributed by atoms with Crippen LogP contribution in [0, 0.1) is 0 Å². The molecule has 0 aliphatic carbocycles. The normalized spacial score (nSPS) is 20.6. The Balaban J connectivity index is 0.00000264. The van der Waals surface area contributed by atoms with E-state index in [1.165, 1.54) is 7.11 Å². The van der Waals surface area contributed by atoms with Crippen LogP contribution in [0.3, 0.4) is 0 Å². The van der Waals surface area contributed by atoms with Crippen molar-refractivity contribution in [3.05, 3.63) is 23.8 Å². The van der Waals surface area contributed by atoms with E-state index in [4.69, 9.17) is 19.9 Å². The van der Waals surface area contributed by atoms with E-state index < -0.39 is 0 Å². The third-order valence-electron chi connectivity index (χ3n) is 4.17. The minimum absolute atomic E-state index is 0. The molecular weight excluding hydrogens is 320 g/mol. The first-order valence-electron chi connectivity index (χ1n) is 7.41. The van der Waals surface area contributed by atoms with Crippen LogP contribution in [-0.4, -0.2) is 57.4 Å². The third-order valence-corrected chi connectivity index (χ3v) is 4.17. The van der Waals surface area contributed by atoms with Gasteiger partial charge in [0.1, 0.15) is 0 Å². The molecule has 0 radical (unpaired) electrons. The van der Waals surface area contributed by atoms with E-state index in [2.05, 4.69) is 0 Å². The number of carbonyl (C=O) groups is 1. The highest BCUT2D eigenvalue weighted by Crippen LogP contribution is 2.32. The van der Waals surface area contributed by atoms with Gasteiger partial charge in [0.05, 0.1) is 25.9 Å². The lowest BCUT2D eigenvalue weighted by atomic mass is 9.98. The third kappa shape index (κ3) is 4.07. The molecule has 0 saturated carbocycles. The van der Waals surface area contributed by atoms with E-state index in [0.29, 0.717) is 30.2 Å². The maximum Gasteiger partial charge on any atom is 0.258 e. The summed E-state index contributed by atoms with van der Waals surface area (Å²) in [7, 11) is 4.78. The number of nitrogens with two attached hydrogens (primary N) is 1. The van der Waals surface area contributed by atoms with E-state index >= 15 is 0 Å². The van der Waals surface area contributed by atoms with Crippen molar-refractivity contribution in [3.8, 4) is 11.5 Å². The maximum absolute atomic E-state index is 12.9. The van der Waals surface area contributed by atoms with Crippen LogP contribution in [0.5, 0.6) is 11.5 Å². The molecular formula is C16H25ClN2O4. The number of halogens is 1. The summed E-state index contributed by atoms with van der Waals surface area (Å²) in [4.78, 5) is 14.7. The van der Waals surface area contributed by atoms with Gasteiger partial charge in [-0.05, 0) is 25.0 Å². The number of hydrogen-bond acceptors (Lipinski definition) is 5. The van der Waals surface area contributed by atoms with Gasteiger partial charge in [-0.1, -0.05) is 6.07 Å². The number of carbonyl (C=O) groups excluding carboxylic acids is 1. The second-order valence-corrected chi connectivity index (χ2v) is 5.31. The highest BCUT2D eigenvalue weighted by Gasteiger charge is 2.32. The summed E-state index contributed by atoms with van der Waals surface area (Å²) in [6, 6.07) is 5.28. The molecule has 0 bridgehead atoms. The molecule has 1 fully saturated rings. The minimum atomic E-state index is -0.0826. The van der Waals surface area contributed by atoms with Crippen LogP contribution in [0.4, 0.5) is 0 Å². The molecule has 1 aliphatic rings.